The Labute approximate surface area is 167 Å². The molecular weight excluding hydrogens is 368 g/mol. The highest BCUT2D eigenvalue weighted by Crippen LogP contribution is 2.31. The first-order valence-corrected chi connectivity index (χ1v) is 10.0. The molecule has 0 bridgehead atoms. The summed E-state index contributed by atoms with van der Waals surface area (Å²) >= 11 is 1.75. The summed E-state index contributed by atoms with van der Waals surface area (Å²) in [7, 11) is 0. The van der Waals surface area contributed by atoms with Crippen molar-refractivity contribution in [2.75, 3.05) is 11.1 Å². The number of fused-ring (bicyclic) bond motifs is 1. The van der Waals surface area contributed by atoms with Crippen molar-refractivity contribution < 1.29 is 0 Å². The van der Waals surface area contributed by atoms with Crippen molar-refractivity contribution >= 4 is 40.2 Å². The van der Waals surface area contributed by atoms with Gasteiger partial charge in [0.1, 0.15) is 5.82 Å². The molecule has 2 aromatic carbocycles. The Hall–Kier alpha value is -3.19. The summed E-state index contributed by atoms with van der Waals surface area (Å²) in [6.45, 7) is 2.07. The molecule has 0 unspecified atom stereocenters. The summed E-state index contributed by atoms with van der Waals surface area (Å²) in [6, 6.07) is 20.0. The van der Waals surface area contributed by atoms with Crippen molar-refractivity contribution in [1.82, 2.24) is 19.9 Å². The molecule has 0 radical (unpaired) electrons. The zero-order valence-electron chi connectivity index (χ0n) is 15.4. The van der Waals surface area contributed by atoms with Crippen molar-refractivity contribution in [2.45, 2.75) is 17.9 Å². The van der Waals surface area contributed by atoms with Gasteiger partial charge in [-0.05, 0) is 30.7 Å². The van der Waals surface area contributed by atoms with E-state index in [0.29, 0.717) is 11.8 Å². The lowest BCUT2D eigenvalue weighted by Gasteiger charge is -2.13. The van der Waals surface area contributed by atoms with Gasteiger partial charge in [0.2, 0.25) is 11.9 Å². The number of pyridine rings is 1. The second kappa shape index (κ2) is 8.22. The number of rotatable bonds is 6. The molecule has 7 heteroatoms. The Kier molecular flexibility index (Phi) is 5.34. The number of nitrogens with zero attached hydrogens (tertiary/aromatic N) is 4. The Morgan fingerprint density at radius 3 is 2.64 bits per heavy atom. The molecule has 4 aromatic rings. The van der Waals surface area contributed by atoms with Gasteiger partial charge in [0, 0.05) is 23.0 Å². The van der Waals surface area contributed by atoms with E-state index >= 15 is 0 Å². The number of hydrogen-bond acceptors (Lipinski definition) is 7. The first-order chi connectivity index (χ1) is 13.7. The smallest absolute Gasteiger partial charge is 0.232 e. The number of thioether (sulfide) groups is 1. The van der Waals surface area contributed by atoms with E-state index in [-0.39, 0.29) is 11.2 Å². The number of para-hydroxylation sites is 2. The largest absolute Gasteiger partial charge is 0.368 e. The summed E-state index contributed by atoms with van der Waals surface area (Å²) < 4.78 is 0. The van der Waals surface area contributed by atoms with Gasteiger partial charge < -0.3 is 11.1 Å². The fraction of sp³-hybridized carbons (Fsp3) is 0.143. The molecule has 6 nitrogen and oxygen atoms in total. The van der Waals surface area contributed by atoms with Gasteiger partial charge in [-0.3, -0.25) is 4.98 Å². The van der Waals surface area contributed by atoms with E-state index in [9.17, 15) is 0 Å². The van der Waals surface area contributed by atoms with Crippen molar-refractivity contribution in [2.24, 2.45) is 0 Å². The first-order valence-electron chi connectivity index (χ1n) is 8.97. The predicted octanol–water partition coefficient (Wildman–Crippen LogP) is 4.74. The molecular formula is C21H20N6S. The minimum Gasteiger partial charge on any atom is -0.368 e. The molecule has 0 amide bonds. The van der Waals surface area contributed by atoms with Crippen LogP contribution in [0.4, 0.5) is 17.6 Å². The molecule has 0 saturated heterocycles. The quantitative estimate of drug-likeness (QED) is 0.493. The molecule has 1 atom stereocenters. The fourth-order valence-electron chi connectivity index (χ4n) is 2.87. The SMILES string of the molecule is C[C@@H](SCc1cccc2cccnc12)c1nc(N)nc(Nc2ccccc2)n1. The second-order valence-electron chi connectivity index (χ2n) is 6.31. The molecule has 0 fully saturated rings. The molecule has 3 N–H and O–H groups in total. The van der Waals surface area contributed by atoms with Gasteiger partial charge in [-0.1, -0.05) is 42.5 Å². The number of benzene rings is 2. The minimum absolute atomic E-state index is 0.0561. The summed E-state index contributed by atoms with van der Waals surface area (Å²) in [6.07, 6.45) is 1.83. The van der Waals surface area contributed by atoms with Crippen LogP contribution in [0, 0.1) is 0 Å². The van der Waals surface area contributed by atoms with Gasteiger partial charge in [-0.2, -0.15) is 15.0 Å². The third kappa shape index (κ3) is 4.20. The highest BCUT2D eigenvalue weighted by Gasteiger charge is 2.14. The van der Waals surface area contributed by atoms with Crippen LogP contribution in [0.1, 0.15) is 23.6 Å². The van der Waals surface area contributed by atoms with Crippen molar-refractivity contribution in [3.05, 3.63) is 78.2 Å². The molecule has 0 aliphatic carbocycles. The van der Waals surface area contributed by atoms with Crippen LogP contribution in [0.25, 0.3) is 10.9 Å². The van der Waals surface area contributed by atoms with Crippen molar-refractivity contribution in [3.63, 3.8) is 0 Å². The third-order valence-corrected chi connectivity index (χ3v) is 5.46. The number of nitrogens with one attached hydrogen (secondary N) is 1. The number of nitrogen functional groups attached to an aromatic ring is 1. The lowest BCUT2D eigenvalue weighted by atomic mass is 10.1. The Morgan fingerprint density at radius 2 is 1.79 bits per heavy atom. The summed E-state index contributed by atoms with van der Waals surface area (Å²) in [5, 5.41) is 4.38. The van der Waals surface area contributed by atoms with Crippen LogP contribution < -0.4 is 11.1 Å². The van der Waals surface area contributed by atoms with E-state index in [2.05, 4.69) is 56.4 Å². The lowest BCUT2D eigenvalue weighted by molar-refractivity contribution is 0.896. The molecule has 0 saturated carbocycles. The maximum atomic E-state index is 5.91. The monoisotopic (exact) mass is 388 g/mol. The third-order valence-electron chi connectivity index (χ3n) is 4.27. The topological polar surface area (TPSA) is 89.6 Å². The highest BCUT2D eigenvalue weighted by molar-refractivity contribution is 7.98. The minimum atomic E-state index is 0.0561. The van der Waals surface area contributed by atoms with E-state index in [4.69, 9.17) is 5.73 Å². The molecule has 0 aliphatic rings. The van der Waals surface area contributed by atoms with Crippen LogP contribution in [0.15, 0.2) is 66.9 Å². The first kappa shape index (κ1) is 18.2. The lowest BCUT2D eigenvalue weighted by Crippen LogP contribution is -2.08. The van der Waals surface area contributed by atoms with Gasteiger partial charge in [-0.25, -0.2) is 0 Å². The van der Waals surface area contributed by atoms with Crippen molar-refractivity contribution in [3.8, 4) is 0 Å². The van der Waals surface area contributed by atoms with Crippen LogP contribution in [-0.2, 0) is 5.75 Å². The fourth-order valence-corrected chi connectivity index (χ4v) is 3.79. The normalized spacial score (nSPS) is 12.0. The highest BCUT2D eigenvalue weighted by atomic mass is 32.2. The molecule has 4 rings (SSSR count). The zero-order valence-corrected chi connectivity index (χ0v) is 16.2. The zero-order chi connectivity index (χ0) is 19.3. The van der Waals surface area contributed by atoms with E-state index in [0.717, 1.165) is 22.3 Å². The maximum Gasteiger partial charge on any atom is 0.232 e. The number of hydrogen-bond donors (Lipinski definition) is 2. The molecule has 2 aromatic heterocycles. The van der Waals surface area contributed by atoms with Crippen LogP contribution in [0.3, 0.4) is 0 Å². The van der Waals surface area contributed by atoms with E-state index in [1.54, 1.807) is 11.8 Å². The van der Waals surface area contributed by atoms with Gasteiger partial charge in [0.25, 0.3) is 0 Å². The van der Waals surface area contributed by atoms with Gasteiger partial charge >= 0.3 is 0 Å². The second-order valence-corrected chi connectivity index (χ2v) is 7.64. The summed E-state index contributed by atoms with van der Waals surface area (Å²) in [5.41, 5.74) is 9.04. The molecule has 0 aliphatic heterocycles. The van der Waals surface area contributed by atoms with Gasteiger partial charge in [0.05, 0.1) is 10.8 Å². The maximum absolute atomic E-state index is 5.91. The van der Waals surface area contributed by atoms with E-state index in [1.165, 1.54) is 5.56 Å². The summed E-state index contributed by atoms with van der Waals surface area (Å²) in [4.78, 5) is 17.6. The van der Waals surface area contributed by atoms with Gasteiger partial charge in [0.15, 0.2) is 0 Å². The van der Waals surface area contributed by atoms with E-state index < -0.39 is 0 Å². The Balaban J connectivity index is 1.50. The number of nitrogens with two attached hydrogens (primary N) is 1. The van der Waals surface area contributed by atoms with E-state index in [1.807, 2.05) is 42.6 Å². The number of anilines is 3. The van der Waals surface area contributed by atoms with Crippen LogP contribution in [0.2, 0.25) is 0 Å². The average molecular weight is 389 g/mol. The Morgan fingerprint density at radius 1 is 0.964 bits per heavy atom. The standard InChI is InChI=1S/C21H20N6S/c1-14(28-13-16-8-5-7-15-9-6-12-23-18(15)16)19-25-20(22)27-21(26-19)24-17-10-3-2-4-11-17/h2-12,14H,13H2,1H3,(H3,22,24,25,26,27)/t14-/m1/s1. The Bertz CT molecular complexity index is 1080. The molecule has 140 valence electrons. The molecule has 28 heavy (non-hydrogen) atoms. The predicted molar refractivity (Wildman–Crippen MR) is 115 cm³/mol. The summed E-state index contributed by atoms with van der Waals surface area (Å²) in [5.74, 6) is 2.13. The number of aromatic nitrogens is 4. The van der Waals surface area contributed by atoms with Crippen LogP contribution in [0.5, 0.6) is 0 Å². The van der Waals surface area contributed by atoms with Crippen LogP contribution >= 0.6 is 11.8 Å². The van der Waals surface area contributed by atoms with Gasteiger partial charge in [-0.15, -0.1) is 11.8 Å². The van der Waals surface area contributed by atoms with Crippen molar-refractivity contribution in [1.29, 1.82) is 0 Å². The average Bonchev–Trinajstić information content (AvgIpc) is 2.72. The molecule has 0 spiro atoms. The molecule has 2 heterocycles. The van der Waals surface area contributed by atoms with Crippen LogP contribution in [-0.4, -0.2) is 19.9 Å².